The van der Waals surface area contributed by atoms with E-state index < -0.39 is 9.05 Å². The molecule has 0 atom stereocenters. The van der Waals surface area contributed by atoms with Crippen LogP contribution in [0.15, 0.2) is 27.9 Å². The van der Waals surface area contributed by atoms with Crippen molar-refractivity contribution in [3.63, 3.8) is 0 Å². The molecule has 0 radical (unpaired) electrons. The second-order valence-electron chi connectivity index (χ2n) is 4.73. The Morgan fingerprint density at radius 3 is 2.40 bits per heavy atom. The van der Waals surface area contributed by atoms with Gasteiger partial charge in [0.2, 0.25) is 5.56 Å². The zero-order valence-electron chi connectivity index (χ0n) is 11.2. The number of halogens is 1. The van der Waals surface area contributed by atoms with E-state index in [0.29, 0.717) is 10.9 Å². The van der Waals surface area contributed by atoms with E-state index >= 15 is 0 Å². The molecule has 0 aliphatic heterocycles. The number of ether oxygens (including phenoxy) is 1. The van der Waals surface area contributed by atoms with E-state index in [1.54, 1.807) is 0 Å². The quantitative estimate of drug-likeness (QED) is 0.883. The van der Waals surface area contributed by atoms with Crippen LogP contribution in [0.2, 0.25) is 0 Å². The number of benzene rings is 1. The standard InChI is InChI=1S/C13H14ClNO4S/c1-7(2)8-5-13(16)15-10-6-11(19-3)12(4-9(8)10)20(14,17)18/h4-7H,1-3H3,(H,15,16). The number of rotatable bonds is 3. The van der Waals surface area contributed by atoms with Crippen LogP contribution in [0.1, 0.15) is 25.3 Å². The molecule has 0 aliphatic carbocycles. The van der Waals surface area contributed by atoms with Crippen molar-refractivity contribution in [1.82, 2.24) is 4.98 Å². The van der Waals surface area contributed by atoms with Crippen molar-refractivity contribution >= 4 is 30.6 Å². The summed E-state index contributed by atoms with van der Waals surface area (Å²) in [4.78, 5) is 14.2. The van der Waals surface area contributed by atoms with Gasteiger partial charge in [0.05, 0.1) is 12.6 Å². The number of aromatic nitrogens is 1. The molecule has 2 rings (SSSR count). The lowest BCUT2D eigenvalue weighted by molar-refractivity contribution is 0.404. The molecule has 0 fully saturated rings. The van der Waals surface area contributed by atoms with E-state index in [2.05, 4.69) is 4.98 Å². The predicted octanol–water partition coefficient (Wildman–Crippen LogP) is 2.59. The molecule has 1 heterocycles. The molecule has 108 valence electrons. The maximum atomic E-state index is 11.6. The molecule has 0 aliphatic rings. The SMILES string of the molecule is COc1cc2[nH]c(=O)cc(C(C)C)c2cc1S(=O)(=O)Cl. The number of nitrogens with one attached hydrogen (secondary N) is 1. The van der Waals surface area contributed by atoms with Gasteiger partial charge >= 0.3 is 0 Å². The smallest absolute Gasteiger partial charge is 0.265 e. The summed E-state index contributed by atoms with van der Waals surface area (Å²) in [6.45, 7) is 3.85. The first-order valence-electron chi connectivity index (χ1n) is 5.93. The Labute approximate surface area is 121 Å². The maximum Gasteiger partial charge on any atom is 0.265 e. The van der Waals surface area contributed by atoms with Crippen LogP contribution in [0.4, 0.5) is 0 Å². The van der Waals surface area contributed by atoms with Crippen molar-refractivity contribution in [2.24, 2.45) is 0 Å². The number of aromatic amines is 1. The first kappa shape index (κ1) is 14.9. The molecule has 1 aromatic heterocycles. The van der Waals surface area contributed by atoms with E-state index in [0.717, 1.165) is 5.56 Å². The van der Waals surface area contributed by atoms with Gasteiger partial charge in [0.1, 0.15) is 10.6 Å². The van der Waals surface area contributed by atoms with Crippen molar-refractivity contribution < 1.29 is 13.2 Å². The summed E-state index contributed by atoms with van der Waals surface area (Å²) in [6, 6.07) is 4.36. The predicted molar refractivity (Wildman–Crippen MR) is 78.2 cm³/mol. The Kier molecular flexibility index (Phi) is 3.80. The Balaban J connectivity index is 2.96. The molecule has 0 unspecified atom stereocenters. The van der Waals surface area contributed by atoms with E-state index in [9.17, 15) is 13.2 Å². The van der Waals surface area contributed by atoms with Crippen LogP contribution < -0.4 is 10.3 Å². The molecule has 20 heavy (non-hydrogen) atoms. The lowest BCUT2D eigenvalue weighted by Gasteiger charge is -2.12. The average Bonchev–Trinajstić information content (AvgIpc) is 2.34. The fourth-order valence-corrected chi connectivity index (χ4v) is 3.12. The van der Waals surface area contributed by atoms with Gasteiger partial charge in [-0.1, -0.05) is 13.8 Å². The van der Waals surface area contributed by atoms with E-state index in [-0.39, 0.29) is 22.1 Å². The summed E-state index contributed by atoms with van der Waals surface area (Å²) in [5, 5.41) is 0.639. The fraction of sp³-hybridized carbons (Fsp3) is 0.308. The Bertz CT molecular complexity index is 824. The van der Waals surface area contributed by atoms with Crippen LogP contribution in [-0.4, -0.2) is 20.5 Å². The third-order valence-electron chi connectivity index (χ3n) is 3.04. The second kappa shape index (κ2) is 5.10. The number of hydrogen-bond donors (Lipinski definition) is 1. The number of pyridine rings is 1. The topological polar surface area (TPSA) is 76.2 Å². The minimum absolute atomic E-state index is 0.0686. The largest absolute Gasteiger partial charge is 0.495 e. The van der Waals surface area contributed by atoms with Gasteiger partial charge in [0.25, 0.3) is 9.05 Å². The number of H-pyrrole nitrogens is 1. The van der Waals surface area contributed by atoms with Gasteiger partial charge in [-0.25, -0.2) is 8.42 Å². The normalized spacial score (nSPS) is 12.1. The fourth-order valence-electron chi connectivity index (χ4n) is 2.12. The second-order valence-corrected chi connectivity index (χ2v) is 7.26. The average molecular weight is 316 g/mol. The van der Waals surface area contributed by atoms with Gasteiger partial charge < -0.3 is 9.72 Å². The third kappa shape index (κ3) is 2.66. The summed E-state index contributed by atoms with van der Waals surface area (Å²) in [5.41, 5.74) is 1.03. The Morgan fingerprint density at radius 1 is 1.25 bits per heavy atom. The lowest BCUT2D eigenvalue weighted by atomic mass is 9.99. The van der Waals surface area contributed by atoms with Gasteiger partial charge in [0, 0.05) is 28.2 Å². The molecule has 0 saturated carbocycles. The highest BCUT2D eigenvalue weighted by molar-refractivity contribution is 8.13. The zero-order chi connectivity index (χ0) is 15.1. The summed E-state index contributed by atoms with van der Waals surface area (Å²) < 4.78 is 28.3. The maximum absolute atomic E-state index is 11.6. The summed E-state index contributed by atoms with van der Waals surface area (Å²) in [5.74, 6) is 0.170. The van der Waals surface area contributed by atoms with Crippen molar-refractivity contribution in [2.75, 3.05) is 7.11 Å². The van der Waals surface area contributed by atoms with Crippen LogP contribution in [0.5, 0.6) is 5.75 Å². The first-order valence-corrected chi connectivity index (χ1v) is 8.24. The highest BCUT2D eigenvalue weighted by Crippen LogP contribution is 2.33. The van der Waals surface area contributed by atoms with Crippen LogP contribution in [0, 0.1) is 0 Å². The van der Waals surface area contributed by atoms with Gasteiger partial charge in [-0.2, -0.15) is 0 Å². The molecule has 1 N–H and O–H groups in total. The third-order valence-corrected chi connectivity index (χ3v) is 4.39. The van der Waals surface area contributed by atoms with Crippen LogP contribution in [0.3, 0.4) is 0 Å². The minimum Gasteiger partial charge on any atom is -0.495 e. The van der Waals surface area contributed by atoms with Gasteiger partial charge in [-0.05, 0) is 17.5 Å². The molecular formula is C13H14ClNO4S. The van der Waals surface area contributed by atoms with Crippen molar-refractivity contribution in [2.45, 2.75) is 24.7 Å². The molecule has 7 heteroatoms. The molecular weight excluding hydrogens is 302 g/mol. The lowest BCUT2D eigenvalue weighted by Crippen LogP contribution is -2.08. The molecule has 5 nitrogen and oxygen atoms in total. The van der Waals surface area contributed by atoms with Gasteiger partial charge in [-0.15, -0.1) is 0 Å². The first-order chi connectivity index (χ1) is 9.24. The number of methoxy groups -OCH3 is 1. The molecule has 0 saturated heterocycles. The highest BCUT2D eigenvalue weighted by atomic mass is 35.7. The summed E-state index contributed by atoms with van der Waals surface area (Å²) in [7, 11) is 2.84. The number of fused-ring (bicyclic) bond motifs is 1. The van der Waals surface area contributed by atoms with Crippen molar-refractivity contribution in [3.8, 4) is 5.75 Å². The Morgan fingerprint density at radius 2 is 1.90 bits per heavy atom. The Hall–Kier alpha value is -1.53. The molecule has 0 amide bonds. The monoisotopic (exact) mass is 315 g/mol. The highest BCUT2D eigenvalue weighted by Gasteiger charge is 2.19. The van der Waals surface area contributed by atoms with Crippen molar-refractivity contribution in [1.29, 1.82) is 0 Å². The molecule has 1 aromatic carbocycles. The zero-order valence-corrected chi connectivity index (χ0v) is 12.8. The van der Waals surface area contributed by atoms with Crippen LogP contribution in [-0.2, 0) is 9.05 Å². The van der Waals surface area contributed by atoms with E-state index in [1.165, 1.54) is 25.3 Å². The number of hydrogen-bond acceptors (Lipinski definition) is 4. The summed E-state index contributed by atoms with van der Waals surface area (Å²) in [6.07, 6.45) is 0. The van der Waals surface area contributed by atoms with Crippen molar-refractivity contribution in [3.05, 3.63) is 34.1 Å². The summed E-state index contributed by atoms with van der Waals surface area (Å²) >= 11 is 0. The molecule has 0 spiro atoms. The van der Waals surface area contributed by atoms with Gasteiger partial charge in [0.15, 0.2) is 0 Å². The van der Waals surface area contributed by atoms with E-state index in [4.69, 9.17) is 15.4 Å². The van der Waals surface area contributed by atoms with Crippen LogP contribution in [0.25, 0.3) is 10.9 Å². The molecule has 0 bridgehead atoms. The minimum atomic E-state index is -3.93. The van der Waals surface area contributed by atoms with E-state index in [1.807, 2.05) is 13.8 Å². The van der Waals surface area contributed by atoms with Crippen LogP contribution >= 0.6 is 10.7 Å². The molecule has 2 aromatic rings. The van der Waals surface area contributed by atoms with Gasteiger partial charge in [-0.3, -0.25) is 4.79 Å².